The van der Waals surface area contributed by atoms with Crippen LogP contribution in [0.2, 0.25) is 0 Å². The number of pyridine rings is 1. The van der Waals surface area contributed by atoms with Crippen LogP contribution in [0.3, 0.4) is 0 Å². The lowest BCUT2D eigenvalue weighted by Gasteiger charge is -2.31. The molecule has 6 heteroatoms. The molecule has 1 N–H and O–H groups in total. The van der Waals surface area contributed by atoms with E-state index in [9.17, 15) is 4.79 Å². The number of carbonyl (C=O) groups excluding carboxylic acids is 1. The minimum Gasteiger partial charge on any atom is -0.349 e. The molecular formula is C22H29N5O. The average molecular weight is 380 g/mol. The van der Waals surface area contributed by atoms with E-state index in [1.165, 1.54) is 12.8 Å². The second-order valence-electron chi connectivity index (χ2n) is 8.27. The molecule has 1 aliphatic carbocycles. The van der Waals surface area contributed by atoms with Crippen molar-refractivity contribution in [2.45, 2.75) is 52.0 Å². The lowest BCUT2D eigenvalue weighted by molar-refractivity contribution is -0.126. The first-order valence-electron chi connectivity index (χ1n) is 10.4. The van der Waals surface area contributed by atoms with E-state index >= 15 is 0 Å². The molecule has 2 atom stereocenters. The van der Waals surface area contributed by atoms with Gasteiger partial charge in [0.2, 0.25) is 11.9 Å². The molecule has 0 radical (unpaired) electrons. The molecule has 2 aromatic heterocycles. The normalized spacial score (nSPS) is 21.1. The highest BCUT2D eigenvalue weighted by Gasteiger charge is 2.28. The van der Waals surface area contributed by atoms with E-state index in [0.29, 0.717) is 0 Å². The van der Waals surface area contributed by atoms with Gasteiger partial charge >= 0.3 is 0 Å². The van der Waals surface area contributed by atoms with Crippen molar-refractivity contribution in [2.75, 3.05) is 18.0 Å². The third kappa shape index (κ3) is 4.16. The van der Waals surface area contributed by atoms with Crippen molar-refractivity contribution in [3.63, 3.8) is 0 Å². The molecule has 4 rings (SSSR count). The first-order valence-corrected chi connectivity index (χ1v) is 10.4. The Morgan fingerprint density at radius 2 is 2.07 bits per heavy atom. The fourth-order valence-corrected chi connectivity index (χ4v) is 4.13. The Labute approximate surface area is 166 Å². The summed E-state index contributed by atoms with van der Waals surface area (Å²) in [6.07, 6.45) is 10.3. The molecule has 0 bridgehead atoms. The van der Waals surface area contributed by atoms with E-state index in [1.807, 2.05) is 25.3 Å². The van der Waals surface area contributed by atoms with E-state index < -0.39 is 0 Å². The van der Waals surface area contributed by atoms with Crippen molar-refractivity contribution >= 4 is 11.9 Å². The molecule has 1 amide bonds. The van der Waals surface area contributed by atoms with Crippen LogP contribution >= 0.6 is 0 Å². The quantitative estimate of drug-likeness (QED) is 0.884. The molecular weight excluding hydrogens is 350 g/mol. The van der Waals surface area contributed by atoms with Gasteiger partial charge in [0.25, 0.3) is 0 Å². The van der Waals surface area contributed by atoms with Crippen LogP contribution in [0.1, 0.15) is 56.0 Å². The van der Waals surface area contributed by atoms with Gasteiger partial charge in [-0.3, -0.25) is 9.78 Å². The van der Waals surface area contributed by atoms with Crippen molar-refractivity contribution in [3.8, 4) is 0 Å². The molecule has 0 saturated carbocycles. The number of rotatable bonds is 4. The summed E-state index contributed by atoms with van der Waals surface area (Å²) in [5.74, 6) is 1.74. The van der Waals surface area contributed by atoms with E-state index in [0.717, 1.165) is 61.0 Å². The third-order valence-electron chi connectivity index (χ3n) is 6.12. The summed E-state index contributed by atoms with van der Waals surface area (Å²) < 4.78 is 0. The minimum absolute atomic E-state index is 0.0168. The van der Waals surface area contributed by atoms with Gasteiger partial charge < -0.3 is 10.2 Å². The van der Waals surface area contributed by atoms with Gasteiger partial charge in [-0.1, -0.05) is 13.0 Å². The number of fused-ring (bicyclic) bond motifs is 1. The molecule has 2 unspecified atom stereocenters. The molecule has 1 fully saturated rings. The fraction of sp³-hybridized carbons (Fsp3) is 0.545. The average Bonchev–Trinajstić information content (AvgIpc) is 2.74. The van der Waals surface area contributed by atoms with Crippen LogP contribution in [0.15, 0.2) is 30.7 Å². The molecule has 6 nitrogen and oxygen atoms in total. The van der Waals surface area contributed by atoms with Crippen LogP contribution in [-0.4, -0.2) is 33.9 Å². The molecule has 1 aliphatic heterocycles. The smallest absolute Gasteiger partial charge is 0.225 e. The molecule has 0 aromatic carbocycles. The number of nitrogens with zero attached hydrogens (tertiary/aromatic N) is 4. The minimum atomic E-state index is -0.0392. The number of hydrogen-bond donors (Lipinski definition) is 1. The second kappa shape index (κ2) is 8.25. The van der Waals surface area contributed by atoms with Gasteiger partial charge in [-0.2, -0.15) is 0 Å². The second-order valence-corrected chi connectivity index (χ2v) is 8.27. The highest BCUT2D eigenvalue weighted by atomic mass is 16.1. The number of aryl methyl sites for hydroxylation is 1. The lowest BCUT2D eigenvalue weighted by atomic mass is 9.86. The summed E-state index contributed by atoms with van der Waals surface area (Å²) in [5, 5.41) is 3.14. The highest BCUT2D eigenvalue weighted by Crippen LogP contribution is 2.27. The van der Waals surface area contributed by atoms with Crippen molar-refractivity contribution in [3.05, 3.63) is 47.5 Å². The number of anilines is 1. The zero-order valence-corrected chi connectivity index (χ0v) is 16.8. The lowest BCUT2D eigenvalue weighted by Crippen LogP contribution is -2.37. The standard InChI is InChI=1S/C22H29N5O/c1-15-7-10-27(11-8-15)22-24-14-19-12-17(5-6-20(19)26-22)21(28)25-16(2)18-4-3-9-23-13-18/h3-4,9,13-17H,5-8,10-12H2,1-2H3,(H,25,28). The predicted octanol–water partition coefficient (Wildman–Crippen LogP) is 3.09. The van der Waals surface area contributed by atoms with Gasteiger partial charge in [-0.05, 0) is 62.1 Å². The highest BCUT2D eigenvalue weighted by molar-refractivity contribution is 5.79. The molecule has 1 saturated heterocycles. The topological polar surface area (TPSA) is 71.0 Å². The summed E-state index contributed by atoms with van der Waals surface area (Å²) in [7, 11) is 0. The van der Waals surface area contributed by atoms with Crippen LogP contribution in [-0.2, 0) is 17.6 Å². The summed E-state index contributed by atoms with van der Waals surface area (Å²) in [6.45, 7) is 6.39. The molecule has 2 aliphatic rings. The first-order chi connectivity index (χ1) is 13.6. The Kier molecular flexibility index (Phi) is 5.55. The predicted molar refractivity (Wildman–Crippen MR) is 109 cm³/mol. The van der Waals surface area contributed by atoms with Crippen LogP contribution in [0.5, 0.6) is 0 Å². The van der Waals surface area contributed by atoms with Crippen molar-refractivity contribution in [1.82, 2.24) is 20.3 Å². The monoisotopic (exact) mass is 379 g/mol. The van der Waals surface area contributed by atoms with Gasteiger partial charge in [-0.15, -0.1) is 0 Å². The summed E-state index contributed by atoms with van der Waals surface area (Å²) >= 11 is 0. The van der Waals surface area contributed by atoms with Gasteiger partial charge in [-0.25, -0.2) is 9.97 Å². The van der Waals surface area contributed by atoms with Crippen LogP contribution < -0.4 is 10.2 Å². The van der Waals surface area contributed by atoms with E-state index in [4.69, 9.17) is 4.98 Å². The SMILES string of the molecule is CC1CCN(c2ncc3c(n2)CCC(C(=O)NC(C)c2cccnc2)C3)CC1. The summed E-state index contributed by atoms with van der Waals surface area (Å²) in [4.78, 5) is 28.6. The largest absolute Gasteiger partial charge is 0.349 e. The Hall–Kier alpha value is -2.50. The maximum Gasteiger partial charge on any atom is 0.225 e. The number of carbonyl (C=O) groups is 1. The Morgan fingerprint density at radius 3 is 2.82 bits per heavy atom. The number of piperidine rings is 1. The van der Waals surface area contributed by atoms with Gasteiger partial charge in [0.05, 0.1) is 6.04 Å². The zero-order valence-electron chi connectivity index (χ0n) is 16.8. The van der Waals surface area contributed by atoms with E-state index in [2.05, 4.69) is 27.1 Å². The van der Waals surface area contributed by atoms with Gasteiger partial charge in [0.1, 0.15) is 0 Å². The third-order valence-corrected chi connectivity index (χ3v) is 6.12. The Balaban J connectivity index is 1.38. The first kappa shape index (κ1) is 18.8. The zero-order chi connectivity index (χ0) is 19.5. The summed E-state index contributed by atoms with van der Waals surface area (Å²) in [5.41, 5.74) is 3.26. The molecule has 28 heavy (non-hydrogen) atoms. The molecule has 2 aromatic rings. The van der Waals surface area contributed by atoms with E-state index in [1.54, 1.807) is 12.4 Å². The molecule has 3 heterocycles. The number of hydrogen-bond acceptors (Lipinski definition) is 5. The number of nitrogens with one attached hydrogen (secondary N) is 1. The summed E-state index contributed by atoms with van der Waals surface area (Å²) in [6, 6.07) is 3.85. The Morgan fingerprint density at radius 1 is 1.25 bits per heavy atom. The fourth-order valence-electron chi connectivity index (χ4n) is 4.13. The van der Waals surface area contributed by atoms with Crippen molar-refractivity contribution < 1.29 is 4.79 Å². The van der Waals surface area contributed by atoms with E-state index in [-0.39, 0.29) is 17.9 Å². The number of aromatic nitrogens is 3. The molecule has 148 valence electrons. The van der Waals surface area contributed by atoms with Crippen LogP contribution in [0.25, 0.3) is 0 Å². The van der Waals surface area contributed by atoms with Crippen LogP contribution in [0.4, 0.5) is 5.95 Å². The van der Waals surface area contributed by atoms with Crippen molar-refractivity contribution in [1.29, 1.82) is 0 Å². The maximum absolute atomic E-state index is 12.8. The Bertz CT molecular complexity index is 817. The van der Waals surface area contributed by atoms with Crippen LogP contribution in [0, 0.1) is 11.8 Å². The van der Waals surface area contributed by atoms with Crippen molar-refractivity contribution in [2.24, 2.45) is 11.8 Å². The van der Waals surface area contributed by atoms with Gasteiger partial charge in [0.15, 0.2) is 0 Å². The number of amides is 1. The molecule has 0 spiro atoms. The van der Waals surface area contributed by atoms with Gasteiger partial charge in [0, 0.05) is 43.3 Å². The maximum atomic E-state index is 12.8.